The Morgan fingerprint density at radius 2 is 1.74 bits per heavy atom. The van der Waals surface area contributed by atoms with E-state index >= 15 is 0 Å². The fourth-order valence-corrected chi connectivity index (χ4v) is 2.64. The van der Waals surface area contributed by atoms with Crippen LogP contribution in [0.25, 0.3) is 10.8 Å². The van der Waals surface area contributed by atoms with E-state index in [2.05, 4.69) is 0 Å². The molecule has 23 heavy (non-hydrogen) atoms. The number of rotatable bonds is 5. The SMILES string of the molecule is NCCCc1cccc(OC(=O)c2cccc3ccccc23)c1. The van der Waals surface area contributed by atoms with E-state index in [1.54, 1.807) is 12.1 Å². The lowest BCUT2D eigenvalue weighted by atomic mass is 10.0. The summed E-state index contributed by atoms with van der Waals surface area (Å²) in [7, 11) is 0. The third kappa shape index (κ3) is 3.58. The number of benzene rings is 3. The number of ether oxygens (including phenoxy) is 1. The van der Waals surface area contributed by atoms with Crippen LogP contribution in [0.1, 0.15) is 22.3 Å². The minimum Gasteiger partial charge on any atom is -0.423 e. The Bertz CT molecular complexity index is 821. The van der Waals surface area contributed by atoms with E-state index < -0.39 is 0 Å². The van der Waals surface area contributed by atoms with Crippen molar-refractivity contribution >= 4 is 16.7 Å². The molecule has 0 aromatic heterocycles. The van der Waals surface area contributed by atoms with Gasteiger partial charge in [-0.1, -0.05) is 48.5 Å². The number of hydrogen-bond donors (Lipinski definition) is 1. The molecule has 3 aromatic rings. The molecule has 0 aliphatic rings. The quantitative estimate of drug-likeness (QED) is 0.573. The summed E-state index contributed by atoms with van der Waals surface area (Å²) in [6.45, 7) is 0.653. The van der Waals surface area contributed by atoms with Crippen molar-refractivity contribution in [3.63, 3.8) is 0 Å². The van der Waals surface area contributed by atoms with Crippen LogP contribution in [-0.4, -0.2) is 12.5 Å². The van der Waals surface area contributed by atoms with Crippen molar-refractivity contribution in [1.29, 1.82) is 0 Å². The van der Waals surface area contributed by atoms with Gasteiger partial charge in [0.1, 0.15) is 5.75 Å². The average molecular weight is 305 g/mol. The molecular weight excluding hydrogens is 286 g/mol. The Balaban J connectivity index is 1.83. The third-order valence-corrected chi connectivity index (χ3v) is 3.79. The zero-order valence-electron chi connectivity index (χ0n) is 12.9. The standard InChI is InChI=1S/C20H19NO2/c21-13-5-7-15-6-3-10-17(14-15)23-20(22)19-12-4-9-16-8-1-2-11-18(16)19/h1-4,6,8-12,14H,5,7,13,21H2. The van der Waals surface area contributed by atoms with Crippen molar-refractivity contribution < 1.29 is 9.53 Å². The molecule has 0 spiro atoms. The summed E-state index contributed by atoms with van der Waals surface area (Å²) >= 11 is 0. The number of esters is 1. The van der Waals surface area contributed by atoms with Gasteiger partial charge in [-0.25, -0.2) is 4.79 Å². The van der Waals surface area contributed by atoms with Crippen LogP contribution in [0, 0.1) is 0 Å². The van der Waals surface area contributed by atoms with Gasteiger partial charge in [-0.2, -0.15) is 0 Å². The van der Waals surface area contributed by atoms with Gasteiger partial charge < -0.3 is 10.5 Å². The molecule has 0 aliphatic carbocycles. The molecule has 0 unspecified atom stereocenters. The van der Waals surface area contributed by atoms with Crippen LogP contribution >= 0.6 is 0 Å². The summed E-state index contributed by atoms with van der Waals surface area (Å²) in [4.78, 5) is 12.5. The van der Waals surface area contributed by atoms with Gasteiger partial charge >= 0.3 is 5.97 Å². The first-order valence-electron chi connectivity index (χ1n) is 7.77. The van der Waals surface area contributed by atoms with Crippen molar-refractivity contribution in [2.45, 2.75) is 12.8 Å². The van der Waals surface area contributed by atoms with E-state index in [9.17, 15) is 4.79 Å². The number of carbonyl (C=O) groups excluding carboxylic acids is 1. The normalized spacial score (nSPS) is 10.7. The Hall–Kier alpha value is -2.65. The molecule has 0 amide bonds. The number of hydrogen-bond acceptors (Lipinski definition) is 3. The highest BCUT2D eigenvalue weighted by Gasteiger charge is 2.12. The van der Waals surface area contributed by atoms with Crippen molar-refractivity contribution in [3.8, 4) is 5.75 Å². The van der Waals surface area contributed by atoms with Crippen LogP contribution in [0.5, 0.6) is 5.75 Å². The van der Waals surface area contributed by atoms with Crippen molar-refractivity contribution in [1.82, 2.24) is 0 Å². The van der Waals surface area contributed by atoms with Crippen molar-refractivity contribution in [2.75, 3.05) is 6.54 Å². The molecule has 3 heteroatoms. The first-order chi connectivity index (χ1) is 11.3. The minimum absolute atomic E-state index is 0.335. The summed E-state index contributed by atoms with van der Waals surface area (Å²) in [5, 5.41) is 1.93. The zero-order chi connectivity index (χ0) is 16.1. The van der Waals surface area contributed by atoms with Gasteiger partial charge in [0.2, 0.25) is 0 Å². The van der Waals surface area contributed by atoms with Gasteiger partial charge in [-0.15, -0.1) is 0 Å². The summed E-state index contributed by atoms with van der Waals surface area (Å²) in [6.07, 6.45) is 1.80. The molecule has 0 radical (unpaired) electrons. The second kappa shape index (κ2) is 7.07. The number of aryl methyl sites for hydroxylation is 1. The third-order valence-electron chi connectivity index (χ3n) is 3.79. The number of carbonyl (C=O) groups is 1. The largest absolute Gasteiger partial charge is 0.423 e. The highest BCUT2D eigenvalue weighted by molar-refractivity contribution is 6.05. The molecule has 2 N–H and O–H groups in total. The van der Waals surface area contributed by atoms with Crippen LogP contribution in [-0.2, 0) is 6.42 Å². The number of fused-ring (bicyclic) bond motifs is 1. The van der Waals surface area contributed by atoms with Crippen LogP contribution in [0.4, 0.5) is 0 Å². The van der Waals surface area contributed by atoms with E-state index in [1.807, 2.05) is 54.6 Å². The van der Waals surface area contributed by atoms with Gasteiger partial charge in [0, 0.05) is 0 Å². The fourth-order valence-electron chi connectivity index (χ4n) is 2.64. The Morgan fingerprint density at radius 3 is 2.61 bits per heavy atom. The van der Waals surface area contributed by atoms with Crippen molar-refractivity contribution in [3.05, 3.63) is 77.9 Å². The lowest BCUT2D eigenvalue weighted by Gasteiger charge is -2.08. The lowest BCUT2D eigenvalue weighted by Crippen LogP contribution is -2.09. The average Bonchev–Trinajstić information content (AvgIpc) is 2.59. The maximum Gasteiger partial charge on any atom is 0.344 e. The smallest absolute Gasteiger partial charge is 0.344 e. The van der Waals surface area contributed by atoms with E-state index in [-0.39, 0.29) is 5.97 Å². The molecule has 3 aromatic carbocycles. The summed E-state index contributed by atoms with van der Waals surface area (Å²) in [5.74, 6) is 0.232. The van der Waals surface area contributed by atoms with Gasteiger partial charge in [0.15, 0.2) is 0 Å². The maximum atomic E-state index is 12.5. The molecule has 0 aliphatic heterocycles. The second-order valence-electron chi connectivity index (χ2n) is 5.46. The molecular formula is C20H19NO2. The van der Waals surface area contributed by atoms with Gasteiger partial charge in [0.05, 0.1) is 5.56 Å². The van der Waals surface area contributed by atoms with E-state index in [1.165, 1.54) is 0 Å². The van der Waals surface area contributed by atoms with Crippen molar-refractivity contribution in [2.24, 2.45) is 5.73 Å². The fraction of sp³-hybridized carbons (Fsp3) is 0.150. The number of nitrogens with two attached hydrogens (primary N) is 1. The molecule has 116 valence electrons. The second-order valence-corrected chi connectivity index (χ2v) is 5.46. The Kier molecular flexibility index (Phi) is 4.69. The molecule has 0 saturated carbocycles. The topological polar surface area (TPSA) is 52.3 Å². The summed E-state index contributed by atoms with van der Waals surface area (Å²) < 4.78 is 5.56. The summed E-state index contributed by atoms with van der Waals surface area (Å²) in [6, 6.07) is 21.1. The molecule has 3 rings (SSSR count). The molecule has 0 saturated heterocycles. The molecule has 3 nitrogen and oxygen atoms in total. The maximum absolute atomic E-state index is 12.5. The van der Waals surface area contributed by atoms with E-state index in [4.69, 9.17) is 10.5 Å². The van der Waals surface area contributed by atoms with Crippen LogP contribution in [0.15, 0.2) is 66.7 Å². The van der Waals surface area contributed by atoms with E-state index in [0.29, 0.717) is 17.9 Å². The first-order valence-corrected chi connectivity index (χ1v) is 7.77. The van der Waals surface area contributed by atoms with Gasteiger partial charge in [0.25, 0.3) is 0 Å². The van der Waals surface area contributed by atoms with Crippen LogP contribution in [0.2, 0.25) is 0 Å². The van der Waals surface area contributed by atoms with E-state index in [0.717, 1.165) is 29.2 Å². The minimum atomic E-state index is -0.335. The lowest BCUT2D eigenvalue weighted by molar-refractivity contribution is 0.0737. The molecule has 0 atom stereocenters. The monoisotopic (exact) mass is 305 g/mol. The highest BCUT2D eigenvalue weighted by atomic mass is 16.5. The highest BCUT2D eigenvalue weighted by Crippen LogP contribution is 2.21. The summed E-state index contributed by atoms with van der Waals surface area (Å²) in [5.41, 5.74) is 7.24. The molecule has 0 bridgehead atoms. The van der Waals surface area contributed by atoms with Gasteiger partial charge in [-0.3, -0.25) is 0 Å². The molecule has 0 heterocycles. The first kappa shape index (κ1) is 15.3. The van der Waals surface area contributed by atoms with Gasteiger partial charge in [-0.05, 0) is 53.9 Å². The molecule has 0 fully saturated rings. The Morgan fingerprint density at radius 1 is 0.957 bits per heavy atom. The predicted octanol–water partition coefficient (Wildman–Crippen LogP) is 3.95. The van der Waals surface area contributed by atoms with Crippen LogP contribution in [0.3, 0.4) is 0 Å². The zero-order valence-corrected chi connectivity index (χ0v) is 12.9. The van der Waals surface area contributed by atoms with Crippen LogP contribution < -0.4 is 10.5 Å². The Labute approximate surface area is 135 Å². The predicted molar refractivity (Wildman–Crippen MR) is 92.7 cm³/mol.